The molecule has 5 heteroatoms. The summed E-state index contributed by atoms with van der Waals surface area (Å²) >= 11 is 5.76. The third kappa shape index (κ3) is 4.72. The maximum Gasteiger partial charge on any atom is 0.153 e. The molecule has 0 amide bonds. The molecule has 18 heavy (non-hydrogen) atoms. The smallest absolute Gasteiger partial charge is 0.153 e. The number of halogens is 2. The van der Waals surface area contributed by atoms with Crippen LogP contribution in [0.4, 0.5) is 4.39 Å². The van der Waals surface area contributed by atoms with Gasteiger partial charge in [-0.05, 0) is 36.6 Å². The van der Waals surface area contributed by atoms with Gasteiger partial charge in [0.25, 0.3) is 0 Å². The van der Waals surface area contributed by atoms with E-state index in [-0.39, 0.29) is 17.8 Å². The lowest BCUT2D eigenvalue weighted by Crippen LogP contribution is -2.32. The Morgan fingerprint density at radius 3 is 2.94 bits per heavy atom. The van der Waals surface area contributed by atoms with E-state index in [4.69, 9.17) is 22.1 Å². The first kappa shape index (κ1) is 15.1. The van der Waals surface area contributed by atoms with Crippen molar-refractivity contribution < 1.29 is 13.9 Å². The molecule has 0 radical (unpaired) electrons. The van der Waals surface area contributed by atoms with Crippen molar-refractivity contribution in [1.29, 1.82) is 0 Å². The number of carbonyl (C=O) groups is 1. The van der Waals surface area contributed by atoms with Crippen molar-refractivity contribution in [2.45, 2.75) is 25.3 Å². The number of Topliss-reactive ketones (excluding diaryl/α,β-unsaturated/α-hetero) is 1. The molecule has 1 rings (SSSR count). The summed E-state index contributed by atoms with van der Waals surface area (Å²) in [6.07, 6.45) is 1.22. The number of carbonyl (C=O) groups excluding carboxylic acids is 1. The van der Waals surface area contributed by atoms with Gasteiger partial charge < -0.3 is 10.5 Å². The summed E-state index contributed by atoms with van der Waals surface area (Å²) in [5.41, 5.74) is 6.02. The van der Waals surface area contributed by atoms with Crippen LogP contribution in [0.3, 0.4) is 0 Å². The number of benzene rings is 1. The summed E-state index contributed by atoms with van der Waals surface area (Å²) in [7, 11) is 1.59. The average Bonchev–Trinajstić information content (AvgIpc) is 2.34. The van der Waals surface area contributed by atoms with Crippen molar-refractivity contribution in [2.24, 2.45) is 5.73 Å². The van der Waals surface area contributed by atoms with Crippen molar-refractivity contribution in [3.63, 3.8) is 0 Å². The highest BCUT2D eigenvalue weighted by atomic mass is 35.5. The molecule has 0 aliphatic rings. The molecule has 0 spiro atoms. The number of rotatable bonds is 7. The zero-order chi connectivity index (χ0) is 13.5. The molecular formula is C13H17ClFNO2. The topological polar surface area (TPSA) is 52.3 Å². The second kappa shape index (κ2) is 7.46. The van der Waals surface area contributed by atoms with Gasteiger partial charge in [-0.25, -0.2) is 4.39 Å². The van der Waals surface area contributed by atoms with Crippen molar-refractivity contribution in [2.75, 3.05) is 13.7 Å². The molecule has 0 saturated heterocycles. The van der Waals surface area contributed by atoms with Crippen LogP contribution in [-0.2, 0) is 16.0 Å². The van der Waals surface area contributed by atoms with E-state index in [1.165, 1.54) is 18.2 Å². The summed E-state index contributed by atoms with van der Waals surface area (Å²) in [5, 5.41) is 0.409. The second-order valence-electron chi connectivity index (χ2n) is 4.12. The van der Waals surface area contributed by atoms with Crippen LogP contribution in [0.5, 0.6) is 0 Å². The van der Waals surface area contributed by atoms with Gasteiger partial charge in [0.2, 0.25) is 0 Å². The Kier molecular flexibility index (Phi) is 6.25. The van der Waals surface area contributed by atoms with E-state index in [9.17, 15) is 9.18 Å². The van der Waals surface area contributed by atoms with E-state index in [0.29, 0.717) is 24.5 Å². The molecule has 0 aliphatic carbocycles. The maximum absolute atomic E-state index is 13.4. The highest BCUT2D eigenvalue weighted by Crippen LogP contribution is 2.16. The number of nitrogens with two attached hydrogens (primary N) is 1. The summed E-state index contributed by atoms with van der Waals surface area (Å²) in [4.78, 5) is 11.8. The van der Waals surface area contributed by atoms with Gasteiger partial charge in [0, 0.05) is 25.2 Å². The lowest BCUT2D eigenvalue weighted by molar-refractivity contribution is -0.119. The fourth-order valence-electron chi connectivity index (χ4n) is 1.61. The molecule has 1 unspecified atom stereocenters. The first-order chi connectivity index (χ1) is 8.54. The molecule has 0 heterocycles. The summed E-state index contributed by atoms with van der Waals surface area (Å²) in [6.45, 7) is 0.562. The number of hydrogen-bond donors (Lipinski definition) is 1. The van der Waals surface area contributed by atoms with Crippen molar-refractivity contribution in [3.05, 3.63) is 34.6 Å². The monoisotopic (exact) mass is 273 g/mol. The molecule has 3 nitrogen and oxygen atoms in total. The number of methoxy groups -OCH3 is 1. The molecule has 1 aromatic carbocycles. The van der Waals surface area contributed by atoms with Crippen molar-refractivity contribution in [1.82, 2.24) is 0 Å². The first-order valence-corrected chi connectivity index (χ1v) is 6.13. The predicted octanol–water partition coefficient (Wildman–Crippen LogP) is 2.34. The van der Waals surface area contributed by atoms with Crippen molar-refractivity contribution >= 4 is 17.4 Å². The van der Waals surface area contributed by atoms with Gasteiger partial charge in [0.05, 0.1) is 6.04 Å². The maximum atomic E-state index is 13.4. The van der Waals surface area contributed by atoms with Crippen LogP contribution in [-0.4, -0.2) is 25.5 Å². The fourth-order valence-corrected chi connectivity index (χ4v) is 1.80. The second-order valence-corrected chi connectivity index (χ2v) is 4.56. The highest BCUT2D eigenvalue weighted by molar-refractivity contribution is 6.30. The third-order valence-electron chi connectivity index (χ3n) is 2.65. The molecule has 0 bridgehead atoms. The predicted molar refractivity (Wildman–Crippen MR) is 69.2 cm³/mol. The van der Waals surface area contributed by atoms with E-state index in [1.54, 1.807) is 7.11 Å². The molecule has 0 fully saturated rings. The lowest BCUT2D eigenvalue weighted by Gasteiger charge is -2.10. The number of ether oxygens (including phenoxy) is 1. The Hall–Kier alpha value is -0.970. The summed E-state index contributed by atoms with van der Waals surface area (Å²) in [6, 6.07) is 3.57. The Morgan fingerprint density at radius 1 is 1.56 bits per heavy atom. The van der Waals surface area contributed by atoms with Crippen LogP contribution in [0.15, 0.2) is 18.2 Å². The zero-order valence-corrected chi connectivity index (χ0v) is 11.0. The van der Waals surface area contributed by atoms with Crippen LogP contribution >= 0.6 is 11.6 Å². The van der Waals surface area contributed by atoms with Crippen molar-refractivity contribution in [3.8, 4) is 0 Å². The lowest BCUT2D eigenvalue weighted by atomic mass is 10.0. The van der Waals surface area contributed by atoms with Gasteiger partial charge in [-0.15, -0.1) is 0 Å². The minimum Gasteiger partial charge on any atom is -0.385 e. The summed E-state index contributed by atoms with van der Waals surface area (Å²) in [5.74, 6) is -0.621. The molecular weight excluding hydrogens is 257 g/mol. The third-order valence-corrected chi connectivity index (χ3v) is 2.88. The molecule has 0 saturated carbocycles. The van der Waals surface area contributed by atoms with Crippen LogP contribution in [0.1, 0.15) is 18.4 Å². The average molecular weight is 274 g/mol. The van der Waals surface area contributed by atoms with E-state index < -0.39 is 11.9 Å². The Morgan fingerprint density at radius 2 is 2.28 bits per heavy atom. The van der Waals surface area contributed by atoms with E-state index in [1.807, 2.05) is 0 Å². The zero-order valence-electron chi connectivity index (χ0n) is 10.3. The minimum atomic E-state index is -0.585. The number of ketones is 1. The van der Waals surface area contributed by atoms with Crippen LogP contribution in [0, 0.1) is 5.82 Å². The molecule has 100 valence electrons. The Labute approximate surface area is 111 Å². The SMILES string of the molecule is COCCCC(N)C(=O)Cc1cc(Cl)ccc1F. The van der Waals surface area contributed by atoms with Gasteiger partial charge in [-0.3, -0.25) is 4.79 Å². The molecule has 0 aliphatic heterocycles. The summed E-state index contributed by atoms with van der Waals surface area (Å²) < 4.78 is 18.3. The van der Waals surface area contributed by atoms with Gasteiger partial charge in [0.15, 0.2) is 5.78 Å². The first-order valence-electron chi connectivity index (χ1n) is 5.75. The van der Waals surface area contributed by atoms with Gasteiger partial charge in [-0.1, -0.05) is 11.6 Å². The van der Waals surface area contributed by atoms with Gasteiger partial charge in [-0.2, -0.15) is 0 Å². The van der Waals surface area contributed by atoms with E-state index in [2.05, 4.69) is 0 Å². The minimum absolute atomic E-state index is 0.0272. The van der Waals surface area contributed by atoms with Crippen LogP contribution in [0.2, 0.25) is 5.02 Å². The molecule has 1 aromatic rings. The normalized spacial score (nSPS) is 12.4. The molecule has 1 atom stereocenters. The van der Waals surface area contributed by atoms with Gasteiger partial charge >= 0.3 is 0 Å². The van der Waals surface area contributed by atoms with E-state index >= 15 is 0 Å². The quantitative estimate of drug-likeness (QED) is 0.776. The standard InChI is InChI=1S/C13H17ClFNO2/c1-18-6-2-3-12(16)13(17)8-9-7-10(14)4-5-11(9)15/h4-5,7,12H,2-3,6,8,16H2,1H3. The highest BCUT2D eigenvalue weighted by Gasteiger charge is 2.15. The molecule has 2 N–H and O–H groups in total. The molecule has 0 aromatic heterocycles. The fraction of sp³-hybridized carbons (Fsp3) is 0.462. The van der Waals surface area contributed by atoms with Crippen LogP contribution < -0.4 is 5.73 Å². The largest absolute Gasteiger partial charge is 0.385 e. The van der Waals surface area contributed by atoms with Crippen LogP contribution in [0.25, 0.3) is 0 Å². The Balaban J connectivity index is 2.55. The van der Waals surface area contributed by atoms with Gasteiger partial charge in [0.1, 0.15) is 5.82 Å². The Bertz CT molecular complexity index is 412. The van der Waals surface area contributed by atoms with E-state index in [0.717, 1.165) is 0 Å². The number of hydrogen-bond acceptors (Lipinski definition) is 3.